The molecule has 0 spiro atoms. The van der Waals surface area contributed by atoms with Crippen LogP contribution in [0.4, 0.5) is 9.18 Å². The van der Waals surface area contributed by atoms with Crippen LogP contribution in [0.1, 0.15) is 64.3 Å². The van der Waals surface area contributed by atoms with Gasteiger partial charge in [-0.05, 0) is 56.2 Å². The van der Waals surface area contributed by atoms with Crippen LogP contribution in [-0.2, 0) is 10.2 Å². The number of nitriles is 1. The Labute approximate surface area is 222 Å². The number of hydrogen-bond donors (Lipinski definition) is 1. The highest BCUT2D eigenvalue weighted by atomic mass is 19.1. The van der Waals surface area contributed by atoms with Crippen molar-refractivity contribution in [1.29, 1.82) is 5.26 Å². The number of amides is 1. The molecule has 0 radical (unpaired) electrons. The molecule has 198 valence electrons. The van der Waals surface area contributed by atoms with Crippen molar-refractivity contribution in [3.63, 3.8) is 0 Å². The zero-order valence-corrected chi connectivity index (χ0v) is 22.2. The summed E-state index contributed by atoms with van der Waals surface area (Å²) in [6.45, 7) is 10.0. The Kier molecular flexibility index (Phi) is 7.58. The summed E-state index contributed by atoms with van der Waals surface area (Å²) in [6, 6.07) is 18.4. The molecule has 1 N–H and O–H groups in total. The van der Waals surface area contributed by atoms with E-state index in [1.807, 2.05) is 69.3 Å². The maximum Gasteiger partial charge on any atom is 0.407 e. The predicted molar refractivity (Wildman–Crippen MR) is 141 cm³/mol. The zero-order valence-electron chi connectivity index (χ0n) is 22.2. The molecule has 0 saturated heterocycles. The molecule has 0 bridgehead atoms. The van der Waals surface area contributed by atoms with Crippen LogP contribution in [0.3, 0.4) is 0 Å². The summed E-state index contributed by atoms with van der Waals surface area (Å²) < 4.78 is 31.0. The number of hydrogen-bond acceptors (Lipinski definition) is 6. The summed E-state index contributed by atoms with van der Waals surface area (Å²) in [6.07, 6.45) is 2.17. The fourth-order valence-electron chi connectivity index (χ4n) is 4.14. The van der Waals surface area contributed by atoms with Crippen molar-refractivity contribution >= 4 is 6.09 Å². The van der Waals surface area contributed by atoms with Crippen LogP contribution in [0, 0.1) is 17.1 Å². The SMILES string of the molecule is CC(C)(C)NC(=O)OC1CC(Oc2ccc(C(C)(C)c3ccc(Oc4cnc(C#N)c(F)c4)cc3)cc2)C1. The van der Waals surface area contributed by atoms with Crippen molar-refractivity contribution in [3.8, 4) is 23.3 Å². The number of alkyl carbamates (subject to hydrolysis) is 1. The number of rotatable bonds is 7. The standard InChI is InChI=1S/C30H32FN3O4/c1-29(2,3)34-28(35)38-24-14-23(15-24)36-21-10-6-19(7-11-21)30(4,5)20-8-12-22(13-9-20)37-25-16-26(31)27(17-32)33-18-25/h6-13,16,18,23-24H,14-15H2,1-5H3,(H,34,35). The van der Waals surface area contributed by atoms with Crippen molar-refractivity contribution in [2.24, 2.45) is 0 Å². The van der Waals surface area contributed by atoms with Crippen molar-refractivity contribution < 1.29 is 23.4 Å². The van der Waals surface area contributed by atoms with Crippen LogP contribution in [0.2, 0.25) is 0 Å². The number of benzene rings is 2. The quantitative estimate of drug-likeness (QED) is 0.377. The van der Waals surface area contributed by atoms with Gasteiger partial charge in [-0.25, -0.2) is 14.2 Å². The van der Waals surface area contributed by atoms with Gasteiger partial charge in [0.15, 0.2) is 11.5 Å². The summed E-state index contributed by atoms with van der Waals surface area (Å²) in [5.74, 6) is 0.822. The number of carbonyl (C=O) groups is 1. The third-order valence-corrected chi connectivity index (χ3v) is 6.41. The molecule has 1 fully saturated rings. The number of nitrogens with one attached hydrogen (secondary N) is 1. The van der Waals surface area contributed by atoms with Gasteiger partial charge in [0.05, 0.1) is 6.20 Å². The second-order valence-corrected chi connectivity index (χ2v) is 11.0. The molecule has 1 heterocycles. The summed E-state index contributed by atoms with van der Waals surface area (Å²) in [4.78, 5) is 15.7. The molecular weight excluding hydrogens is 485 g/mol. The largest absolute Gasteiger partial charge is 0.490 e. The number of ether oxygens (including phenoxy) is 3. The molecule has 0 aliphatic heterocycles. The van der Waals surface area contributed by atoms with E-state index in [1.165, 1.54) is 6.20 Å². The van der Waals surface area contributed by atoms with E-state index in [0.29, 0.717) is 18.6 Å². The first-order valence-corrected chi connectivity index (χ1v) is 12.5. The molecule has 8 heteroatoms. The minimum Gasteiger partial charge on any atom is -0.490 e. The van der Waals surface area contributed by atoms with Gasteiger partial charge < -0.3 is 19.5 Å². The molecule has 1 amide bonds. The van der Waals surface area contributed by atoms with E-state index in [2.05, 4.69) is 24.1 Å². The first-order chi connectivity index (χ1) is 17.9. The Morgan fingerprint density at radius 2 is 1.53 bits per heavy atom. The van der Waals surface area contributed by atoms with E-state index in [1.54, 1.807) is 6.07 Å². The van der Waals surface area contributed by atoms with E-state index < -0.39 is 11.9 Å². The van der Waals surface area contributed by atoms with Crippen LogP contribution in [-0.4, -0.2) is 28.8 Å². The Morgan fingerprint density at radius 1 is 0.947 bits per heavy atom. The molecule has 4 rings (SSSR count). The number of pyridine rings is 1. The molecule has 0 unspecified atom stereocenters. The highest BCUT2D eigenvalue weighted by Gasteiger charge is 2.34. The fraction of sp³-hybridized carbons (Fsp3) is 0.367. The third-order valence-electron chi connectivity index (χ3n) is 6.41. The van der Waals surface area contributed by atoms with Gasteiger partial charge in [0.1, 0.15) is 35.5 Å². The lowest BCUT2D eigenvalue weighted by molar-refractivity contribution is -0.0243. The summed E-state index contributed by atoms with van der Waals surface area (Å²) in [7, 11) is 0. The van der Waals surface area contributed by atoms with Gasteiger partial charge in [-0.1, -0.05) is 38.1 Å². The lowest BCUT2D eigenvalue weighted by Gasteiger charge is -2.35. The van der Waals surface area contributed by atoms with Gasteiger partial charge in [0.2, 0.25) is 0 Å². The van der Waals surface area contributed by atoms with E-state index in [4.69, 9.17) is 19.5 Å². The average molecular weight is 518 g/mol. The first kappa shape index (κ1) is 26.9. The lowest BCUT2D eigenvalue weighted by atomic mass is 9.78. The number of carbonyl (C=O) groups excluding carboxylic acids is 1. The Bertz CT molecular complexity index is 1320. The smallest absolute Gasteiger partial charge is 0.407 e. The van der Waals surface area contributed by atoms with Gasteiger partial charge in [-0.15, -0.1) is 0 Å². The van der Waals surface area contributed by atoms with Gasteiger partial charge >= 0.3 is 6.09 Å². The second-order valence-electron chi connectivity index (χ2n) is 11.0. The van der Waals surface area contributed by atoms with Gasteiger partial charge in [0.25, 0.3) is 0 Å². The molecule has 1 aliphatic carbocycles. The van der Waals surface area contributed by atoms with Crippen molar-refractivity contribution in [2.75, 3.05) is 0 Å². The van der Waals surface area contributed by atoms with Crippen molar-refractivity contribution in [3.05, 3.63) is 83.4 Å². The van der Waals surface area contributed by atoms with Gasteiger partial charge in [0, 0.05) is 29.9 Å². The average Bonchev–Trinajstić information content (AvgIpc) is 2.82. The molecule has 1 saturated carbocycles. The molecule has 3 aromatic rings. The van der Waals surface area contributed by atoms with Crippen LogP contribution in [0.15, 0.2) is 60.8 Å². The van der Waals surface area contributed by atoms with Gasteiger partial charge in [-0.2, -0.15) is 5.26 Å². The monoisotopic (exact) mass is 517 g/mol. The van der Waals surface area contributed by atoms with E-state index in [-0.39, 0.29) is 34.6 Å². The molecule has 2 aromatic carbocycles. The normalized spacial score (nSPS) is 17.1. The summed E-state index contributed by atoms with van der Waals surface area (Å²) in [5.41, 5.74) is 1.32. The number of halogens is 1. The maximum absolute atomic E-state index is 13.8. The molecule has 38 heavy (non-hydrogen) atoms. The molecular formula is C30H32FN3O4. The summed E-state index contributed by atoms with van der Waals surface area (Å²) in [5, 5.41) is 11.6. The highest BCUT2D eigenvalue weighted by molar-refractivity contribution is 5.68. The number of aromatic nitrogens is 1. The van der Waals surface area contributed by atoms with Crippen LogP contribution in [0.5, 0.6) is 17.2 Å². The minimum atomic E-state index is -0.718. The van der Waals surface area contributed by atoms with Gasteiger partial charge in [-0.3, -0.25) is 0 Å². The highest BCUT2D eigenvalue weighted by Crippen LogP contribution is 2.35. The van der Waals surface area contributed by atoms with Crippen molar-refractivity contribution in [2.45, 2.75) is 70.6 Å². The molecule has 1 aromatic heterocycles. The summed E-state index contributed by atoms with van der Waals surface area (Å²) >= 11 is 0. The minimum absolute atomic E-state index is 0.0219. The first-order valence-electron chi connectivity index (χ1n) is 12.5. The second kappa shape index (κ2) is 10.7. The third kappa shape index (κ3) is 6.60. The maximum atomic E-state index is 13.8. The molecule has 0 atom stereocenters. The topological polar surface area (TPSA) is 93.5 Å². The Hall–Kier alpha value is -4.12. The fourth-order valence-corrected chi connectivity index (χ4v) is 4.14. The van der Waals surface area contributed by atoms with E-state index >= 15 is 0 Å². The lowest BCUT2D eigenvalue weighted by Crippen LogP contribution is -2.46. The number of nitrogens with zero attached hydrogens (tertiary/aromatic N) is 2. The van der Waals surface area contributed by atoms with E-state index in [0.717, 1.165) is 22.9 Å². The van der Waals surface area contributed by atoms with E-state index in [9.17, 15) is 9.18 Å². The Balaban J connectivity index is 1.31. The Morgan fingerprint density at radius 3 is 2.05 bits per heavy atom. The predicted octanol–water partition coefficient (Wildman–Crippen LogP) is 6.65. The molecule has 1 aliphatic rings. The molecule has 7 nitrogen and oxygen atoms in total. The van der Waals surface area contributed by atoms with Crippen LogP contribution >= 0.6 is 0 Å². The van der Waals surface area contributed by atoms with Crippen molar-refractivity contribution in [1.82, 2.24) is 10.3 Å². The van der Waals surface area contributed by atoms with Crippen LogP contribution in [0.25, 0.3) is 0 Å². The van der Waals surface area contributed by atoms with Crippen LogP contribution < -0.4 is 14.8 Å². The zero-order chi connectivity index (χ0) is 27.5.